The molecule has 2 rings (SSSR count). The van der Waals surface area contributed by atoms with Gasteiger partial charge in [0.25, 0.3) is 0 Å². The topological polar surface area (TPSA) is 35.2 Å². The molecule has 0 spiro atoms. The molecule has 0 aromatic heterocycles. The van der Waals surface area contributed by atoms with Crippen LogP contribution in [-0.4, -0.2) is 7.11 Å². The van der Waals surface area contributed by atoms with Crippen molar-refractivity contribution in [3.05, 3.63) is 65.7 Å². The van der Waals surface area contributed by atoms with Crippen LogP contribution in [0.5, 0.6) is 5.75 Å². The second-order valence-corrected chi connectivity index (χ2v) is 3.63. The van der Waals surface area contributed by atoms with Gasteiger partial charge in [0.15, 0.2) is 0 Å². The van der Waals surface area contributed by atoms with Gasteiger partial charge >= 0.3 is 0 Å². The zero-order valence-electron chi connectivity index (χ0n) is 9.26. The van der Waals surface area contributed by atoms with Crippen LogP contribution in [0.2, 0.25) is 0 Å². The van der Waals surface area contributed by atoms with E-state index < -0.39 is 0 Å². The zero-order chi connectivity index (χ0) is 11.4. The molecule has 0 fully saturated rings. The molecule has 2 heteroatoms. The van der Waals surface area contributed by atoms with Crippen LogP contribution in [-0.2, 0) is 0 Å². The fourth-order valence-corrected chi connectivity index (χ4v) is 1.76. The van der Waals surface area contributed by atoms with Crippen molar-refractivity contribution in [2.75, 3.05) is 7.11 Å². The van der Waals surface area contributed by atoms with Crippen molar-refractivity contribution in [3.8, 4) is 5.75 Å². The molecule has 0 aliphatic carbocycles. The first-order valence-corrected chi connectivity index (χ1v) is 5.26. The Kier molecular flexibility index (Phi) is 3.22. The summed E-state index contributed by atoms with van der Waals surface area (Å²) in [7, 11) is 1.66. The predicted molar refractivity (Wildman–Crippen MR) is 65.5 cm³/mol. The number of nitrogens with two attached hydrogens (primary N) is 1. The second kappa shape index (κ2) is 4.81. The molecule has 0 aliphatic heterocycles. The average molecular weight is 213 g/mol. The lowest BCUT2D eigenvalue weighted by atomic mass is 9.99. The van der Waals surface area contributed by atoms with E-state index in [9.17, 15) is 0 Å². The van der Waals surface area contributed by atoms with Gasteiger partial charge in [-0.15, -0.1) is 0 Å². The average Bonchev–Trinajstić information content (AvgIpc) is 2.39. The van der Waals surface area contributed by atoms with Crippen molar-refractivity contribution >= 4 is 0 Å². The van der Waals surface area contributed by atoms with Gasteiger partial charge < -0.3 is 10.5 Å². The molecule has 0 saturated carbocycles. The van der Waals surface area contributed by atoms with E-state index in [1.165, 1.54) is 0 Å². The van der Waals surface area contributed by atoms with E-state index in [0.717, 1.165) is 16.9 Å². The molecule has 2 aromatic carbocycles. The lowest BCUT2D eigenvalue weighted by molar-refractivity contribution is 0.408. The number of benzene rings is 2. The lowest BCUT2D eigenvalue weighted by Crippen LogP contribution is -2.12. The van der Waals surface area contributed by atoms with Gasteiger partial charge in [-0.1, -0.05) is 48.5 Å². The third-order valence-corrected chi connectivity index (χ3v) is 2.63. The zero-order valence-corrected chi connectivity index (χ0v) is 9.26. The molecule has 0 radical (unpaired) electrons. The van der Waals surface area contributed by atoms with Crippen LogP contribution in [0.25, 0.3) is 0 Å². The van der Waals surface area contributed by atoms with E-state index in [-0.39, 0.29) is 6.04 Å². The maximum atomic E-state index is 6.21. The van der Waals surface area contributed by atoms with E-state index >= 15 is 0 Å². The molecule has 0 unspecified atom stereocenters. The summed E-state index contributed by atoms with van der Waals surface area (Å²) in [6, 6.07) is 17.7. The van der Waals surface area contributed by atoms with Gasteiger partial charge in [0.1, 0.15) is 5.75 Å². The van der Waals surface area contributed by atoms with Crippen LogP contribution in [0.1, 0.15) is 17.2 Å². The lowest BCUT2D eigenvalue weighted by Gasteiger charge is -2.15. The number of para-hydroxylation sites is 1. The van der Waals surface area contributed by atoms with Crippen LogP contribution in [0, 0.1) is 0 Å². The second-order valence-electron chi connectivity index (χ2n) is 3.63. The summed E-state index contributed by atoms with van der Waals surface area (Å²) in [6.07, 6.45) is 0. The van der Waals surface area contributed by atoms with Crippen LogP contribution in [0.3, 0.4) is 0 Å². The molecule has 2 N–H and O–H groups in total. The van der Waals surface area contributed by atoms with E-state index in [0.29, 0.717) is 0 Å². The Morgan fingerprint density at radius 1 is 0.938 bits per heavy atom. The molecule has 0 heterocycles. The number of hydrogen-bond acceptors (Lipinski definition) is 2. The van der Waals surface area contributed by atoms with Gasteiger partial charge in [-0.2, -0.15) is 0 Å². The highest BCUT2D eigenvalue weighted by Crippen LogP contribution is 2.27. The van der Waals surface area contributed by atoms with Crippen molar-refractivity contribution < 1.29 is 4.74 Å². The summed E-state index contributed by atoms with van der Waals surface area (Å²) in [5.74, 6) is 0.832. The molecule has 0 aliphatic rings. The predicted octanol–water partition coefficient (Wildman–Crippen LogP) is 2.74. The Balaban J connectivity index is 2.37. The monoisotopic (exact) mass is 213 g/mol. The van der Waals surface area contributed by atoms with E-state index in [4.69, 9.17) is 10.5 Å². The Morgan fingerprint density at radius 2 is 1.56 bits per heavy atom. The van der Waals surface area contributed by atoms with Crippen molar-refractivity contribution in [1.29, 1.82) is 0 Å². The fraction of sp³-hybridized carbons (Fsp3) is 0.143. The fourth-order valence-electron chi connectivity index (χ4n) is 1.76. The van der Waals surface area contributed by atoms with Gasteiger partial charge in [0, 0.05) is 5.56 Å². The minimum absolute atomic E-state index is 0.141. The maximum absolute atomic E-state index is 6.21. The standard InChI is InChI=1S/C14H15NO/c1-16-13-10-6-5-9-12(13)14(15)11-7-3-2-4-8-11/h2-10,14H,15H2,1H3/t14-/m1/s1. The van der Waals surface area contributed by atoms with Crippen LogP contribution in [0.15, 0.2) is 54.6 Å². The van der Waals surface area contributed by atoms with Crippen LogP contribution < -0.4 is 10.5 Å². The molecule has 16 heavy (non-hydrogen) atoms. The Labute approximate surface area is 95.7 Å². The molecule has 2 nitrogen and oxygen atoms in total. The molecule has 0 bridgehead atoms. The molecule has 2 aromatic rings. The first-order chi connectivity index (χ1) is 7.83. The molecule has 82 valence electrons. The van der Waals surface area contributed by atoms with Gasteiger partial charge in [0.2, 0.25) is 0 Å². The Morgan fingerprint density at radius 3 is 2.25 bits per heavy atom. The van der Waals surface area contributed by atoms with E-state index in [1.807, 2.05) is 54.6 Å². The highest BCUT2D eigenvalue weighted by Gasteiger charge is 2.12. The number of ether oxygens (including phenoxy) is 1. The molecular formula is C14H15NO. The molecule has 1 atom stereocenters. The summed E-state index contributed by atoms with van der Waals surface area (Å²) in [4.78, 5) is 0. The van der Waals surface area contributed by atoms with Gasteiger partial charge in [-0.25, -0.2) is 0 Å². The largest absolute Gasteiger partial charge is 0.496 e. The van der Waals surface area contributed by atoms with Gasteiger partial charge in [-0.05, 0) is 11.6 Å². The van der Waals surface area contributed by atoms with Crippen LogP contribution in [0.4, 0.5) is 0 Å². The number of hydrogen-bond donors (Lipinski definition) is 1. The maximum Gasteiger partial charge on any atom is 0.123 e. The smallest absolute Gasteiger partial charge is 0.123 e. The minimum atomic E-state index is -0.141. The first kappa shape index (κ1) is 10.7. The van der Waals surface area contributed by atoms with Gasteiger partial charge in [0.05, 0.1) is 13.2 Å². The van der Waals surface area contributed by atoms with Gasteiger partial charge in [-0.3, -0.25) is 0 Å². The highest BCUT2D eigenvalue weighted by atomic mass is 16.5. The Bertz CT molecular complexity index is 453. The number of rotatable bonds is 3. The highest BCUT2D eigenvalue weighted by molar-refractivity contribution is 5.41. The minimum Gasteiger partial charge on any atom is -0.496 e. The summed E-state index contributed by atoms with van der Waals surface area (Å²) in [5, 5.41) is 0. The van der Waals surface area contributed by atoms with Crippen molar-refractivity contribution in [2.45, 2.75) is 6.04 Å². The summed E-state index contributed by atoms with van der Waals surface area (Å²) in [5.41, 5.74) is 8.31. The summed E-state index contributed by atoms with van der Waals surface area (Å²) >= 11 is 0. The first-order valence-electron chi connectivity index (χ1n) is 5.26. The molecule has 0 saturated heterocycles. The SMILES string of the molecule is COc1ccccc1[C@H](N)c1ccccc1. The normalized spacial score (nSPS) is 12.1. The van der Waals surface area contributed by atoms with E-state index in [1.54, 1.807) is 7.11 Å². The Hall–Kier alpha value is -1.80. The third kappa shape index (κ3) is 2.07. The summed E-state index contributed by atoms with van der Waals surface area (Å²) < 4.78 is 5.31. The molecular weight excluding hydrogens is 198 g/mol. The van der Waals surface area contributed by atoms with Crippen LogP contribution >= 0.6 is 0 Å². The summed E-state index contributed by atoms with van der Waals surface area (Å²) in [6.45, 7) is 0. The molecule has 0 amide bonds. The third-order valence-electron chi connectivity index (χ3n) is 2.63. The van der Waals surface area contributed by atoms with Crippen molar-refractivity contribution in [1.82, 2.24) is 0 Å². The number of methoxy groups -OCH3 is 1. The van der Waals surface area contributed by atoms with Crippen molar-refractivity contribution in [2.24, 2.45) is 5.73 Å². The van der Waals surface area contributed by atoms with Crippen molar-refractivity contribution in [3.63, 3.8) is 0 Å². The van der Waals surface area contributed by atoms with E-state index in [2.05, 4.69) is 0 Å². The quantitative estimate of drug-likeness (QED) is 0.850.